The number of carbonyl (C=O) groups excluding carboxylic acids is 1. The molecule has 3 fully saturated rings. The van der Waals surface area contributed by atoms with Gasteiger partial charge in [0, 0.05) is 31.6 Å². The predicted octanol–water partition coefficient (Wildman–Crippen LogP) is 2.35. The summed E-state index contributed by atoms with van der Waals surface area (Å²) in [5, 5.41) is 6.66. The molecule has 1 spiro atoms. The lowest BCUT2D eigenvalue weighted by Gasteiger charge is -2.40. The minimum Gasteiger partial charge on any atom is -0.338 e. The summed E-state index contributed by atoms with van der Waals surface area (Å²) in [7, 11) is 0. The van der Waals surface area contributed by atoms with E-state index in [-0.39, 0.29) is 6.03 Å². The van der Waals surface area contributed by atoms with Crippen molar-refractivity contribution in [2.45, 2.75) is 51.4 Å². The van der Waals surface area contributed by atoms with Crippen LogP contribution in [0.1, 0.15) is 51.4 Å². The van der Waals surface area contributed by atoms with E-state index in [0.717, 1.165) is 38.6 Å². The van der Waals surface area contributed by atoms with Gasteiger partial charge in [0.15, 0.2) is 0 Å². The van der Waals surface area contributed by atoms with Gasteiger partial charge in [-0.25, -0.2) is 4.79 Å². The molecule has 0 aromatic rings. The summed E-state index contributed by atoms with van der Waals surface area (Å²) in [6, 6.07) is 0.182. The summed E-state index contributed by atoms with van der Waals surface area (Å²) in [4.78, 5) is 14.4. The van der Waals surface area contributed by atoms with Crippen LogP contribution in [0.25, 0.3) is 0 Å². The first-order valence-electron chi connectivity index (χ1n) is 8.51. The fourth-order valence-electron chi connectivity index (χ4n) is 4.26. The summed E-state index contributed by atoms with van der Waals surface area (Å²) in [6.45, 7) is 5.01. The molecule has 0 unspecified atom stereocenters. The van der Waals surface area contributed by atoms with Gasteiger partial charge in [0.25, 0.3) is 0 Å². The minimum absolute atomic E-state index is 0.182. The van der Waals surface area contributed by atoms with E-state index >= 15 is 0 Å². The number of hydrogen-bond acceptors (Lipinski definition) is 2. The Morgan fingerprint density at radius 1 is 1.20 bits per heavy atom. The van der Waals surface area contributed by atoms with E-state index < -0.39 is 0 Å². The van der Waals surface area contributed by atoms with E-state index in [1.54, 1.807) is 0 Å². The van der Waals surface area contributed by atoms with Gasteiger partial charge in [-0.15, -0.1) is 0 Å². The monoisotopic (exact) mass is 279 g/mol. The summed E-state index contributed by atoms with van der Waals surface area (Å²) in [5.74, 6) is 0.722. The molecule has 0 radical (unpaired) electrons. The number of likely N-dealkylation sites (tertiary alicyclic amines) is 1. The van der Waals surface area contributed by atoms with Crippen molar-refractivity contribution in [1.29, 1.82) is 0 Å². The Kier molecular flexibility index (Phi) is 4.49. The molecule has 0 bridgehead atoms. The number of nitrogens with zero attached hydrogens (tertiary/aromatic N) is 1. The zero-order valence-electron chi connectivity index (χ0n) is 12.6. The zero-order chi connectivity index (χ0) is 13.8. The molecule has 4 nitrogen and oxygen atoms in total. The lowest BCUT2D eigenvalue weighted by Crippen LogP contribution is -2.51. The van der Waals surface area contributed by atoms with Gasteiger partial charge in [0.1, 0.15) is 0 Å². The number of carbonyl (C=O) groups is 1. The molecule has 2 N–H and O–H groups in total. The quantitative estimate of drug-likeness (QED) is 0.815. The van der Waals surface area contributed by atoms with Crippen molar-refractivity contribution in [2.24, 2.45) is 11.3 Å². The molecule has 20 heavy (non-hydrogen) atoms. The molecule has 4 heteroatoms. The second kappa shape index (κ2) is 6.33. The first kappa shape index (κ1) is 14.2. The number of urea groups is 1. The predicted molar refractivity (Wildman–Crippen MR) is 80.7 cm³/mol. The summed E-state index contributed by atoms with van der Waals surface area (Å²) in [6.07, 6.45) is 10.4. The van der Waals surface area contributed by atoms with Crippen LogP contribution in [0.5, 0.6) is 0 Å². The molecular formula is C16H29N3O. The van der Waals surface area contributed by atoms with Crippen molar-refractivity contribution in [3.8, 4) is 0 Å². The summed E-state index contributed by atoms with van der Waals surface area (Å²) in [5.41, 5.74) is 0.375. The van der Waals surface area contributed by atoms with Crippen molar-refractivity contribution in [2.75, 3.05) is 32.7 Å². The molecule has 0 aromatic heterocycles. The Hall–Kier alpha value is -0.770. The van der Waals surface area contributed by atoms with Gasteiger partial charge in [0.05, 0.1) is 0 Å². The third kappa shape index (κ3) is 3.27. The van der Waals surface area contributed by atoms with Crippen LogP contribution < -0.4 is 10.6 Å². The minimum atomic E-state index is 0.182. The van der Waals surface area contributed by atoms with Gasteiger partial charge in [0.2, 0.25) is 0 Å². The highest BCUT2D eigenvalue weighted by Crippen LogP contribution is 2.35. The maximum atomic E-state index is 12.4. The van der Waals surface area contributed by atoms with E-state index in [1.807, 2.05) is 0 Å². The lowest BCUT2D eigenvalue weighted by molar-refractivity contribution is 0.117. The number of rotatable bonds is 2. The first-order valence-corrected chi connectivity index (χ1v) is 8.51. The molecule has 0 aromatic carbocycles. The van der Waals surface area contributed by atoms with Crippen molar-refractivity contribution in [1.82, 2.24) is 15.5 Å². The average molecular weight is 279 g/mol. The number of hydrogen-bond donors (Lipinski definition) is 2. The maximum absolute atomic E-state index is 12.4. The van der Waals surface area contributed by atoms with Crippen molar-refractivity contribution < 1.29 is 4.79 Å². The van der Waals surface area contributed by atoms with Gasteiger partial charge in [-0.1, -0.05) is 19.3 Å². The second-order valence-corrected chi connectivity index (χ2v) is 7.14. The molecule has 1 atom stereocenters. The molecule has 3 aliphatic rings. The average Bonchev–Trinajstić information content (AvgIpc) is 2.93. The van der Waals surface area contributed by atoms with Crippen LogP contribution in [-0.2, 0) is 0 Å². The number of piperidine rings is 1. The van der Waals surface area contributed by atoms with Crippen LogP contribution in [0.2, 0.25) is 0 Å². The van der Waals surface area contributed by atoms with Crippen molar-refractivity contribution >= 4 is 6.03 Å². The molecule has 1 aliphatic carbocycles. The molecule has 114 valence electrons. The van der Waals surface area contributed by atoms with Crippen LogP contribution in [0, 0.1) is 11.3 Å². The fraction of sp³-hybridized carbons (Fsp3) is 0.938. The van der Waals surface area contributed by atoms with Gasteiger partial charge in [-0.3, -0.25) is 0 Å². The molecule has 2 heterocycles. The van der Waals surface area contributed by atoms with Crippen LogP contribution in [0.4, 0.5) is 4.79 Å². The van der Waals surface area contributed by atoms with E-state index in [1.165, 1.54) is 51.4 Å². The Labute approximate surface area is 122 Å². The second-order valence-electron chi connectivity index (χ2n) is 7.14. The summed E-state index contributed by atoms with van der Waals surface area (Å²) < 4.78 is 0. The van der Waals surface area contributed by atoms with Gasteiger partial charge < -0.3 is 15.5 Å². The third-order valence-corrected chi connectivity index (χ3v) is 5.55. The van der Waals surface area contributed by atoms with E-state index in [0.29, 0.717) is 5.41 Å². The van der Waals surface area contributed by atoms with Crippen molar-refractivity contribution in [3.63, 3.8) is 0 Å². The highest BCUT2D eigenvalue weighted by atomic mass is 16.2. The molecule has 2 saturated heterocycles. The molecule has 2 aliphatic heterocycles. The highest BCUT2D eigenvalue weighted by Gasteiger charge is 2.39. The normalized spacial score (nSPS) is 31.7. The smallest absolute Gasteiger partial charge is 0.317 e. The maximum Gasteiger partial charge on any atom is 0.317 e. The molecule has 3 rings (SSSR count). The lowest BCUT2D eigenvalue weighted by atomic mass is 9.79. The Balaban J connectivity index is 1.46. The number of nitrogens with one attached hydrogen (secondary N) is 2. The Morgan fingerprint density at radius 2 is 2.05 bits per heavy atom. The molecule has 1 saturated carbocycles. The van der Waals surface area contributed by atoms with Crippen LogP contribution in [-0.4, -0.2) is 43.7 Å². The summed E-state index contributed by atoms with van der Waals surface area (Å²) >= 11 is 0. The SMILES string of the molecule is O=C(NCC1CCCCC1)N1CCC[C@@]2(CCNC2)C1. The Bertz CT molecular complexity index is 333. The van der Waals surface area contributed by atoms with Gasteiger partial charge in [-0.05, 0) is 44.6 Å². The topological polar surface area (TPSA) is 44.4 Å². The van der Waals surface area contributed by atoms with Gasteiger partial charge in [-0.2, -0.15) is 0 Å². The first-order chi connectivity index (χ1) is 9.77. The van der Waals surface area contributed by atoms with Crippen molar-refractivity contribution in [3.05, 3.63) is 0 Å². The Morgan fingerprint density at radius 3 is 2.80 bits per heavy atom. The number of amides is 2. The zero-order valence-corrected chi connectivity index (χ0v) is 12.6. The van der Waals surface area contributed by atoms with Crippen LogP contribution in [0.3, 0.4) is 0 Å². The van der Waals surface area contributed by atoms with E-state index in [9.17, 15) is 4.79 Å². The third-order valence-electron chi connectivity index (χ3n) is 5.55. The molecular weight excluding hydrogens is 250 g/mol. The molecule has 2 amide bonds. The fourth-order valence-corrected chi connectivity index (χ4v) is 4.26. The van der Waals surface area contributed by atoms with E-state index in [2.05, 4.69) is 15.5 Å². The van der Waals surface area contributed by atoms with Crippen LogP contribution in [0.15, 0.2) is 0 Å². The largest absolute Gasteiger partial charge is 0.338 e. The van der Waals surface area contributed by atoms with E-state index in [4.69, 9.17) is 0 Å². The van der Waals surface area contributed by atoms with Gasteiger partial charge >= 0.3 is 6.03 Å². The standard InChI is InChI=1S/C16H29N3O/c20-15(18-11-14-5-2-1-3-6-14)19-10-4-7-16(13-19)8-9-17-12-16/h14,17H,1-13H2,(H,18,20)/t16-/m0/s1. The highest BCUT2D eigenvalue weighted by molar-refractivity contribution is 5.74. The van der Waals surface area contributed by atoms with Crippen LogP contribution >= 0.6 is 0 Å².